The molecule has 0 saturated carbocycles. The maximum Gasteiger partial charge on any atom is 0.0715 e. The van der Waals surface area contributed by atoms with E-state index in [1.807, 2.05) is 30.3 Å². The molecule has 1 unspecified atom stereocenters. The summed E-state index contributed by atoms with van der Waals surface area (Å²) in [5.41, 5.74) is 1.08. The second kappa shape index (κ2) is 5.64. The first-order chi connectivity index (χ1) is 4.43. The van der Waals surface area contributed by atoms with E-state index < -0.39 is 8.89 Å². The van der Waals surface area contributed by atoms with Crippen molar-refractivity contribution in [3.8, 4) is 0 Å². The van der Waals surface area contributed by atoms with Crippen LogP contribution in [0.25, 0.3) is 0 Å². The summed E-state index contributed by atoms with van der Waals surface area (Å²) in [6.45, 7) is 0. The van der Waals surface area contributed by atoms with Crippen LogP contribution in [0.15, 0.2) is 30.3 Å². The minimum atomic E-state index is -0.465. The van der Waals surface area contributed by atoms with Crippen LogP contribution in [0.5, 0.6) is 0 Å². The molecule has 0 aromatic heterocycles. The van der Waals surface area contributed by atoms with Crippen LogP contribution in [-0.4, -0.2) is 0 Å². The number of hydrogen-bond donors (Lipinski definition) is 0. The summed E-state index contributed by atoms with van der Waals surface area (Å²) in [4.78, 5) is 0. The molecule has 0 aliphatic carbocycles. The van der Waals surface area contributed by atoms with Crippen molar-refractivity contribution in [2.75, 3.05) is 0 Å². The van der Waals surface area contributed by atoms with E-state index in [1.165, 1.54) is 0 Å². The highest BCUT2D eigenvalue weighted by Gasteiger charge is 1.86. The lowest BCUT2D eigenvalue weighted by atomic mass is 10.2. The third kappa shape index (κ3) is 3.14. The molecular weight excluding hydrogens is 170 g/mol. The Bertz CT molecular complexity index is 167. The largest absolute Gasteiger partial charge is 0.230 e. The molecular formula is C7H9ClFP. The normalized spacial score (nSPS) is 9.70. The molecule has 0 aliphatic heterocycles. The summed E-state index contributed by atoms with van der Waals surface area (Å²) in [7, 11) is -0.465. The van der Waals surface area contributed by atoms with Crippen molar-refractivity contribution < 1.29 is 4.20 Å². The summed E-state index contributed by atoms with van der Waals surface area (Å²) in [6.07, 6.45) is 0.570. The predicted molar refractivity (Wildman–Crippen MR) is 46.8 cm³/mol. The van der Waals surface area contributed by atoms with Crippen molar-refractivity contribution in [2.24, 2.45) is 0 Å². The van der Waals surface area contributed by atoms with Crippen LogP contribution >= 0.6 is 21.3 Å². The first kappa shape index (κ1) is 9.87. The Morgan fingerprint density at radius 2 is 1.80 bits per heavy atom. The highest BCUT2D eigenvalue weighted by atomic mass is 35.5. The van der Waals surface area contributed by atoms with Gasteiger partial charge in [0, 0.05) is 6.16 Å². The van der Waals surface area contributed by atoms with Gasteiger partial charge in [0.15, 0.2) is 0 Å². The highest BCUT2D eigenvalue weighted by Crippen LogP contribution is 2.17. The summed E-state index contributed by atoms with van der Waals surface area (Å²) in [5.74, 6) is 0. The SMILES string of the molecule is Cl.FPCc1ccccc1. The molecule has 0 N–H and O–H groups in total. The van der Waals surface area contributed by atoms with Gasteiger partial charge in [-0.25, -0.2) is 4.20 Å². The fourth-order valence-electron chi connectivity index (χ4n) is 0.673. The topological polar surface area (TPSA) is 0 Å². The molecule has 1 aromatic rings. The Morgan fingerprint density at radius 1 is 1.20 bits per heavy atom. The molecule has 0 spiro atoms. The fraction of sp³-hybridized carbons (Fsp3) is 0.143. The van der Waals surface area contributed by atoms with Crippen molar-refractivity contribution in [3.63, 3.8) is 0 Å². The van der Waals surface area contributed by atoms with Crippen LogP contribution in [0.2, 0.25) is 0 Å². The van der Waals surface area contributed by atoms with E-state index in [-0.39, 0.29) is 12.4 Å². The number of halogens is 2. The first-order valence-corrected chi connectivity index (χ1v) is 3.89. The van der Waals surface area contributed by atoms with E-state index in [1.54, 1.807) is 0 Å². The molecule has 0 amide bonds. The number of hydrogen-bond acceptors (Lipinski definition) is 0. The van der Waals surface area contributed by atoms with Crippen LogP contribution in [0.4, 0.5) is 4.20 Å². The van der Waals surface area contributed by atoms with Crippen molar-refractivity contribution in [1.29, 1.82) is 0 Å². The average Bonchev–Trinajstić information content (AvgIpc) is 1.91. The Balaban J connectivity index is 0.000000810. The summed E-state index contributed by atoms with van der Waals surface area (Å²) in [6, 6.07) is 9.66. The van der Waals surface area contributed by atoms with E-state index in [4.69, 9.17) is 0 Å². The van der Waals surface area contributed by atoms with Crippen LogP contribution in [0.3, 0.4) is 0 Å². The van der Waals surface area contributed by atoms with Gasteiger partial charge in [-0.3, -0.25) is 0 Å². The Kier molecular flexibility index (Phi) is 5.57. The van der Waals surface area contributed by atoms with Crippen molar-refractivity contribution in [3.05, 3.63) is 35.9 Å². The number of benzene rings is 1. The van der Waals surface area contributed by atoms with E-state index >= 15 is 0 Å². The molecule has 10 heavy (non-hydrogen) atoms. The lowest BCUT2D eigenvalue weighted by Crippen LogP contribution is -1.72. The fourth-order valence-corrected chi connectivity index (χ4v) is 1.06. The second-order valence-corrected chi connectivity index (χ2v) is 2.42. The lowest BCUT2D eigenvalue weighted by molar-refractivity contribution is 0.911. The minimum absolute atomic E-state index is 0. The van der Waals surface area contributed by atoms with Gasteiger partial charge in [0.2, 0.25) is 0 Å². The maximum absolute atomic E-state index is 11.7. The monoisotopic (exact) mass is 178 g/mol. The van der Waals surface area contributed by atoms with Gasteiger partial charge in [0.25, 0.3) is 0 Å². The number of rotatable bonds is 2. The Labute approximate surface area is 68.2 Å². The zero-order chi connectivity index (χ0) is 6.53. The van der Waals surface area contributed by atoms with Crippen molar-refractivity contribution in [1.82, 2.24) is 0 Å². The van der Waals surface area contributed by atoms with Gasteiger partial charge < -0.3 is 0 Å². The van der Waals surface area contributed by atoms with Crippen LogP contribution < -0.4 is 0 Å². The molecule has 0 nitrogen and oxygen atoms in total. The lowest BCUT2D eigenvalue weighted by Gasteiger charge is -1.91. The summed E-state index contributed by atoms with van der Waals surface area (Å²) in [5, 5.41) is 0. The first-order valence-electron chi connectivity index (χ1n) is 2.81. The second-order valence-electron chi connectivity index (χ2n) is 1.80. The molecule has 0 aliphatic rings. The average molecular weight is 179 g/mol. The van der Waals surface area contributed by atoms with Gasteiger partial charge in [0.1, 0.15) is 0 Å². The van der Waals surface area contributed by atoms with Gasteiger partial charge in [-0.15, -0.1) is 12.4 Å². The van der Waals surface area contributed by atoms with Crippen molar-refractivity contribution in [2.45, 2.75) is 6.16 Å². The molecule has 3 heteroatoms. The van der Waals surface area contributed by atoms with Crippen LogP contribution in [0.1, 0.15) is 5.56 Å². The minimum Gasteiger partial charge on any atom is -0.230 e. The molecule has 1 aromatic carbocycles. The van der Waals surface area contributed by atoms with Gasteiger partial charge in [-0.05, 0) is 5.56 Å². The van der Waals surface area contributed by atoms with E-state index in [0.717, 1.165) is 5.56 Å². The van der Waals surface area contributed by atoms with Gasteiger partial charge >= 0.3 is 0 Å². The zero-order valence-electron chi connectivity index (χ0n) is 5.38. The van der Waals surface area contributed by atoms with Gasteiger partial charge in [-0.1, -0.05) is 30.3 Å². The molecule has 0 radical (unpaired) electrons. The third-order valence-corrected chi connectivity index (χ3v) is 1.66. The Morgan fingerprint density at radius 3 is 2.30 bits per heavy atom. The standard InChI is InChI=1S/C7H8FP.ClH/c8-9-6-7-4-2-1-3-5-7;/h1-5,9H,6H2;1H. The molecule has 0 bridgehead atoms. The molecule has 0 fully saturated rings. The molecule has 0 heterocycles. The maximum atomic E-state index is 11.7. The Hall–Kier alpha value is -0.130. The molecule has 1 rings (SSSR count). The van der Waals surface area contributed by atoms with E-state index in [2.05, 4.69) is 0 Å². The zero-order valence-corrected chi connectivity index (χ0v) is 7.20. The van der Waals surface area contributed by atoms with E-state index in [0.29, 0.717) is 6.16 Å². The summed E-state index contributed by atoms with van der Waals surface area (Å²) >= 11 is 0. The smallest absolute Gasteiger partial charge is 0.0715 e. The van der Waals surface area contributed by atoms with Crippen molar-refractivity contribution >= 4 is 21.3 Å². The third-order valence-electron chi connectivity index (χ3n) is 1.11. The molecule has 0 saturated heterocycles. The van der Waals surface area contributed by atoms with E-state index in [9.17, 15) is 4.20 Å². The highest BCUT2D eigenvalue weighted by molar-refractivity contribution is 7.30. The van der Waals surface area contributed by atoms with Crippen LogP contribution in [0, 0.1) is 0 Å². The quantitative estimate of drug-likeness (QED) is 0.611. The van der Waals surface area contributed by atoms with Gasteiger partial charge in [-0.2, -0.15) is 0 Å². The molecule has 56 valence electrons. The molecule has 1 atom stereocenters. The van der Waals surface area contributed by atoms with Crippen LogP contribution in [-0.2, 0) is 6.16 Å². The summed E-state index contributed by atoms with van der Waals surface area (Å²) < 4.78 is 11.7. The predicted octanol–water partition coefficient (Wildman–Crippen LogP) is 3.17. The van der Waals surface area contributed by atoms with Gasteiger partial charge in [0.05, 0.1) is 8.89 Å².